The summed E-state index contributed by atoms with van der Waals surface area (Å²) in [6.07, 6.45) is 13.3. The number of likely N-dealkylation sites (tertiary alicyclic amines) is 2. The van der Waals surface area contributed by atoms with Gasteiger partial charge in [0.2, 0.25) is 17.8 Å². The molecule has 1 aliphatic carbocycles. The highest BCUT2D eigenvalue weighted by atomic mass is 32.2. The molecule has 0 spiro atoms. The predicted octanol–water partition coefficient (Wildman–Crippen LogP) is 19.0. The van der Waals surface area contributed by atoms with Crippen LogP contribution in [0.4, 0.5) is 107 Å². The summed E-state index contributed by atoms with van der Waals surface area (Å²) in [4.78, 5) is 82.9. The van der Waals surface area contributed by atoms with Crippen molar-refractivity contribution in [3.8, 4) is 44.9 Å². The van der Waals surface area contributed by atoms with Gasteiger partial charge in [-0.05, 0) is 210 Å². The van der Waals surface area contributed by atoms with Crippen LogP contribution < -0.4 is 68.0 Å². The Morgan fingerprint density at radius 3 is 1.34 bits per heavy atom. The fraction of sp³-hybridized carbons (Fsp3) is 0.341. The van der Waals surface area contributed by atoms with E-state index in [-0.39, 0.29) is 64.6 Å². The fourth-order valence-corrected chi connectivity index (χ4v) is 19.6. The average Bonchev–Trinajstić information content (AvgIpc) is 1.29. The number of anilines is 13. The van der Waals surface area contributed by atoms with Crippen LogP contribution in [0, 0.1) is 20.2 Å². The van der Waals surface area contributed by atoms with E-state index < -0.39 is 52.7 Å². The number of hydrogen-bond acceptors (Lipinski definition) is 24. The highest BCUT2D eigenvalue weighted by Crippen LogP contribution is 2.38. The Hall–Kier alpha value is -13.0. The van der Waals surface area contributed by atoms with E-state index in [0.29, 0.717) is 185 Å². The van der Waals surface area contributed by atoms with E-state index in [1.165, 1.54) is 31.7 Å². The van der Waals surface area contributed by atoms with E-state index >= 15 is 0 Å². The minimum absolute atomic E-state index is 0.117. The number of fused-ring (bicyclic) bond motifs is 12. The largest absolute Gasteiger partial charge is 0.494 e. The summed E-state index contributed by atoms with van der Waals surface area (Å²) in [5.74, 6) is 2.86. The Labute approximate surface area is 728 Å². The lowest BCUT2D eigenvalue weighted by molar-refractivity contribution is -0.137. The third-order valence-electron chi connectivity index (χ3n) is 21.8. The maximum absolute atomic E-state index is 14.4. The van der Waals surface area contributed by atoms with Crippen molar-refractivity contribution in [1.29, 1.82) is 14.3 Å². The number of aromatic nitrogens is 6. The minimum Gasteiger partial charge on any atom is -0.494 e. The van der Waals surface area contributed by atoms with E-state index in [9.17, 15) is 49.4 Å². The number of carbonyl (C=O) groups is 4. The van der Waals surface area contributed by atoms with Crippen molar-refractivity contribution < 1.29 is 58.8 Å². The first-order valence-corrected chi connectivity index (χ1v) is 47.1. The number of hydrogen-bond donors (Lipinski definition) is 14. The second kappa shape index (κ2) is 40.3. The second-order valence-electron chi connectivity index (χ2n) is 31.1. The van der Waals surface area contributed by atoms with Crippen LogP contribution in [0.2, 0.25) is 0 Å². The molecule has 6 aliphatic rings. The first-order valence-electron chi connectivity index (χ1n) is 41.9. The molecule has 14 N–H and O–H groups in total. The van der Waals surface area contributed by atoms with Crippen LogP contribution in [0.5, 0.6) is 11.5 Å². The average molecular weight is 1780 g/mol. The summed E-state index contributed by atoms with van der Waals surface area (Å²) in [6, 6.07) is 37.7. The number of rotatable bonds is 12. The zero-order chi connectivity index (χ0) is 88.5. The van der Waals surface area contributed by atoms with Crippen LogP contribution in [0.25, 0.3) is 33.4 Å². The van der Waals surface area contributed by atoms with Crippen LogP contribution in [-0.4, -0.2) is 159 Å². The normalized spacial score (nSPS) is 18.8. The Morgan fingerprint density at radius 1 is 0.484 bits per heavy atom. The maximum Gasteiger partial charge on any atom is 0.416 e. The van der Waals surface area contributed by atoms with Crippen LogP contribution in [0.1, 0.15) is 119 Å². The molecular formula is C88H100F4N22O9S3. The van der Waals surface area contributed by atoms with Crippen molar-refractivity contribution in [2.75, 3.05) is 130 Å². The lowest BCUT2D eigenvalue weighted by atomic mass is 9.96. The lowest BCUT2D eigenvalue weighted by Gasteiger charge is -2.23. The molecule has 12 bridgehead atoms. The van der Waals surface area contributed by atoms with Crippen LogP contribution in [0.3, 0.4) is 0 Å². The van der Waals surface area contributed by atoms with Gasteiger partial charge < -0.3 is 77.8 Å². The first kappa shape index (κ1) is 89.3. The monoisotopic (exact) mass is 1780 g/mol. The second-order valence-corrected chi connectivity index (χ2v) is 37.8. The highest BCUT2D eigenvalue weighted by molar-refractivity contribution is 7.93. The molecule has 16 rings (SSSR count). The summed E-state index contributed by atoms with van der Waals surface area (Å²) in [7, 11) is -7.92. The molecule has 7 aromatic carbocycles. The maximum atomic E-state index is 14.4. The quantitative estimate of drug-likeness (QED) is 0.0505. The fourth-order valence-electron chi connectivity index (χ4n) is 15.2. The molecule has 8 heterocycles. The Balaban J connectivity index is 0.000000155. The van der Waals surface area contributed by atoms with Gasteiger partial charge >= 0.3 is 24.3 Å². The number of methoxy groups -OCH3 is 1. The van der Waals surface area contributed by atoms with Gasteiger partial charge in [-0.15, -0.1) is 0 Å². The van der Waals surface area contributed by atoms with E-state index in [0.717, 1.165) is 86.8 Å². The zero-order valence-electron chi connectivity index (χ0n) is 69.5. The molecular weight excluding hydrogens is 1680 g/mol. The standard InChI is InChI=1S/C33H33F3N8O3S.C29H37N7O3S.C26H30FN7O3S/c34-33(35,36)23-7-5-6-22(16-23)30(45)40-24-10-8-21(9-11-24)28-20-39-31-41-25-17-26(42-32(46)44-13-2-3-14-44)19-27(18-25)48(37,47)15-4-1-12-38-29(28)43-31;1-2-39-24-12-10-20(11-13-24)26-19-32-28-33-22-16-23(35-29(37)34-21-8-4-3-5-9-21)18-25(17-22)40(30,38)15-7-6-14-31-27(26)36-28;1-37-23-7-6-17(12-22(23)27)21-16-30-25-31-18-13-19(32-26(35)34-9-3-4-10-34)15-20(14-18)38(28,36)11-5-2-8-29-24(21)33-25/h5-11,16-20,37H,1-4,12-15H2,(H,40,45)(H,42,46)(H2,38,39,41,43);10-13,16-19,21,30H,2-9,14-15H2,1H3,(H2,34,35,37)(H2,31,32,33,36);6-7,12-16,28H,2-5,8-11H2,1H3,(H,32,35)(H2,29,30,31,33). The smallest absolute Gasteiger partial charge is 0.416 e. The number of urea groups is 3. The molecule has 0 radical (unpaired) electrons. The molecule has 3 atom stereocenters. The molecule has 2 saturated heterocycles. The molecule has 126 heavy (non-hydrogen) atoms. The summed E-state index contributed by atoms with van der Waals surface area (Å²) in [6.45, 7) is 6.89. The van der Waals surface area contributed by atoms with Crippen LogP contribution >= 0.6 is 0 Å². The molecule has 31 nitrogen and oxygen atoms in total. The van der Waals surface area contributed by atoms with Gasteiger partial charge in [0.25, 0.3) is 5.91 Å². The lowest BCUT2D eigenvalue weighted by Crippen LogP contribution is -2.39. The van der Waals surface area contributed by atoms with Gasteiger partial charge in [0.15, 0.2) is 11.6 Å². The molecule has 662 valence electrons. The Kier molecular flexibility index (Phi) is 28.6. The number of ether oxygens (including phenoxy) is 2. The molecule has 3 unspecified atom stereocenters. The van der Waals surface area contributed by atoms with Crippen molar-refractivity contribution in [2.45, 2.75) is 130 Å². The van der Waals surface area contributed by atoms with Crippen molar-refractivity contribution in [3.05, 3.63) is 181 Å². The van der Waals surface area contributed by atoms with Crippen molar-refractivity contribution in [2.24, 2.45) is 0 Å². The van der Waals surface area contributed by atoms with Crippen LogP contribution in [0.15, 0.2) is 179 Å². The SMILES string of the molecule is CCOc1ccc(-c2cnc3nc2NCCCCS(=N)(=O)c2cc(NC(=O)NC4CCCCC4)cc(c2)N3)cc1.COc1ccc(-c2cnc3nc2NCCCCS(=N)(=O)c2cc(NC(=O)N4CCCC4)cc(c2)N3)cc1F.N=S1(=O)CCCCNc2nc(ncc2-c2ccc(NC(=O)c3cccc(C(F)(F)F)c3)cc2)Nc2cc(NC(=O)N3CCCC3)cc1c2. The molecule has 1 saturated carbocycles. The van der Waals surface area contributed by atoms with Crippen molar-refractivity contribution in [1.82, 2.24) is 45.0 Å². The van der Waals surface area contributed by atoms with Gasteiger partial charge in [-0.3, -0.25) is 4.79 Å². The number of amides is 7. The van der Waals surface area contributed by atoms with Gasteiger partial charge in [0, 0.05) is 150 Å². The van der Waals surface area contributed by atoms with Crippen molar-refractivity contribution >= 4 is 128 Å². The van der Waals surface area contributed by atoms with Gasteiger partial charge in [-0.1, -0.05) is 55.7 Å². The molecule has 3 aromatic heterocycles. The predicted molar refractivity (Wildman–Crippen MR) is 482 cm³/mol. The molecule has 7 amide bonds. The number of benzene rings is 7. The Morgan fingerprint density at radius 2 is 0.913 bits per heavy atom. The third-order valence-corrected chi connectivity index (χ3v) is 27.4. The zero-order valence-corrected chi connectivity index (χ0v) is 72.0. The summed E-state index contributed by atoms with van der Waals surface area (Å²) in [5.41, 5.74) is 6.57. The molecule has 3 fully saturated rings. The third kappa shape index (κ3) is 23.5. The Bertz CT molecular complexity index is 5990. The van der Waals surface area contributed by atoms with Gasteiger partial charge in [0.1, 0.15) is 23.2 Å². The molecule has 10 aromatic rings. The number of alkyl halides is 3. The summed E-state index contributed by atoms with van der Waals surface area (Å²) in [5, 5.41) is 33.8. The minimum atomic E-state index is -4.56. The van der Waals surface area contributed by atoms with E-state index in [1.807, 2.05) is 31.2 Å². The van der Waals surface area contributed by atoms with E-state index in [2.05, 4.69) is 83.4 Å². The number of nitrogens with zero attached hydrogens (tertiary/aromatic N) is 8. The van der Waals surface area contributed by atoms with Crippen molar-refractivity contribution in [3.63, 3.8) is 0 Å². The van der Waals surface area contributed by atoms with Crippen LogP contribution in [-0.2, 0) is 35.4 Å². The first-order chi connectivity index (χ1) is 60.7. The summed E-state index contributed by atoms with van der Waals surface area (Å²) >= 11 is 0. The number of halogens is 4. The number of carbonyl (C=O) groups excluding carboxylic acids is 4. The molecule has 38 heteroatoms. The van der Waals surface area contributed by atoms with Gasteiger partial charge in [-0.25, -0.2) is 60.7 Å². The summed E-state index contributed by atoms with van der Waals surface area (Å²) < 4.78 is 130. The topological polar surface area (TPSA) is 426 Å². The van der Waals surface area contributed by atoms with E-state index in [1.54, 1.807) is 119 Å². The number of nitrogens with one attached hydrogen (secondary N) is 14. The molecule has 5 aliphatic heterocycles. The van der Waals surface area contributed by atoms with Gasteiger partial charge in [0.05, 0.1) is 63.2 Å². The van der Waals surface area contributed by atoms with E-state index in [4.69, 9.17) is 28.8 Å². The highest BCUT2D eigenvalue weighted by Gasteiger charge is 2.32. The van der Waals surface area contributed by atoms with Gasteiger partial charge in [-0.2, -0.15) is 28.1 Å².